The van der Waals surface area contributed by atoms with E-state index in [1.807, 2.05) is 7.05 Å². The van der Waals surface area contributed by atoms with Crippen LogP contribution in [0.25, 0.3) is 0 Å². The zero-order valence-electron chi connectivity index (χ0n) is 13.2. The van der Waals surface area contributed by atoms with E-state index < -0.39 is 8.56 Å². The summed E-state index contributed by atoms with van der Waals surface area (Å²) in [5.41, 5.74) is 0. The van der Waals surface area contributed by atoms with E-state index in [1.54, 1.807) is 14.2 Å². The van der Waals surface area contributed by atoms with Crippen LogP contribution in [0.1, 0.15) is 44.9 Å². The first kappa shape index (κ1) is 19.1. The van der Waals surface area contributed by atoms with Crippen molar-refractivity contribution in [2.75, 3.05) is 27.8 Å². The van der Waals surface area contributed by atoms with Crippen molar-refractivity contribution in [3.63, 3.8) is 0 Å². The Hall–Kier alpha value is 0.0569. The number of hydrogen-bond donors (Lipinski definition) is 2. The van der Waals surface area contributed by atoms with E-state index in [0.717, 1.165) is 18.9 Å². The summed E-state index contributed by atoms with van der Waals surface area (Å²) in [5, 5.41) is 12.5. The Morgan fingerprint density at radius 1 is 1.00 bits per heavy atom. The second kappa shape index (κ2) is 11.8. The molecule has 0 aliphatic carbocycles. The third kappa shape index (κ3) is 10.5. The van der Waals surface area contributed by atoms with Crippen molar-refractivity contribution in [3.8, 4) is 0 Å². The van der Waals surface area contributed by atoms with Gasteiger partial charge in [0.05, 0.1) is 6.10 Å². The van der Waals surface area contributed by atoms with Crippen molar-refractivity contribution in [1.29, 1.82) is 0 Å². The van der Waals surface area contributed by atoms with Gasteiger partial charge in [0.1, 0.15) is 0 Å². The molecule has 0 aliphatic rings. The van der Waals surface area contributed by atoms with Crippen LogP contribution in [0.3, 0.4) is 0 Å². The van der Waals surface area contributed by atoms with Crippen LogP contribution in [0.4, 0.5) is 0 Å². The molecule has 1 unspecified atom stereocenters. The van der Waals surface area contributed by atoms with Gasteiger partial charge in [-0.05, 0) is 26.1 Å². The first-order chi connectivity index (χ1) is 9.08. The molecule has 0 aromatic carbocycles. The minimum Gasteiger partial charge on any atom is -0.398 e. The smallest absolute Gasteiger partial charge is 0.334 e. The van der Waals surface area contributed by atoms with Gasteiger partial charge in [0.2, 0.25) is 0 Å². The maximum Gasteiger partial charge on any atom is 0.334 e. The molecule has 0 fully saturated rings. The fourth-order valence-corrected chi connectivity index (χ4v) is 3.63. The predicted octanol–water partition coefficient (Wildman–Crippen LogP) is 2.66. The van der Waals surface area contributed by atoms with Gasteiger partial charge in [-0.25, -0.2) is 0 Å². The second-order valence-corrected chi connectivity index (χ2v) is 9.00. The Labute approximate surface area is 120 Å². The molecule has 2 N–H and O–H groups in total. The number of nitrogens with one attached hydrogen (secondary N) is 1. The average molecular weight is 292 g/mol. The molecule has 0 radical (unpaired) electrons. The summed E-state index contributed by atoms with van der Waals surface area (Å²) in [6.07, 6.45) is 8.10. The zero-order valence-corrected chi connectivity index (χ0v) is 14.2. The molecule has 0 amide bonds. The summed E-state index contributed by atoms with van der Waals surface area (Å²) in [7, 11) is 3.55. The molecule has 0 aromatic rings. The van der Waals surface area contributed by atoms with Crippen molar-refractivity contribution in [1.82, 2.24) is 5.32 Å². The molecule has 4 nitrogen and oxygen atoms in total. The van der Waals surface area contributed by atoms with Crippen LogP contribution in [0.5, 0.6) is 0 Å². The van der Waals surface area contributed by atoms with E-state index in [1.165, 1.54) is 32.1 Å². The minimum atomic E-state index is -1.84. The highest BCUT2D eigenvalue weighted by molar-refractivity contribution is 6.65. The van der Waals surface area contributed by atoms with Crippen molar-refractivity contribution < 1.29 is 14.0 Å². The van der Waals surface area contributed by atoms with Crippen LogP contribution in [-0.2, 0) is 8.85 Å². The van der Waals surface area contributed by atoms with Gasteiger partial charge in [0.15, 0.2) is 0 Å². The molecule has 5 heteroatoms. The fourth-order valence-electron chi connectivity index (χ4n) is 2.16. The largest absolute Gasteiger partial charge is 0.398 e. The molecule has 116 valence electrons. The zero-order chi connectivity index (χ0) is 14.6. The van der Waals surface area contributed by atoms with Gasteiger partial charge in [-0.2, -0.15) is 0 Å². The van der Waals surface area contributed by atoms with Crippen LogP contribution < -0.4 is 5.32 Å². The van der Waals surface area contributed by atoms with E-state index in [2.05, 4.69) is 11.9 Å². The van der Waals surface area contributed by atoms with Crippen LogP contribution in [0.2, 0.25) is 12.6 Å². The van der Waals surface area contributed by atoms with Crippen LogP contribution in [0, 0.1) is 0 Å². The molecule has 0 aliphatic heterocycles. The van der Waals surface area contributed by atoms with Gasteiger partial charge in [-0.15, -0.1) is 0 Å². The number of aliphatic hydroxyl groups excluding tert-OH is 1. The summed E-state index contributed by atoms with van der Waals surface area (Å²) in [4.78, 5) is 0. The predicted molar refractivity (Wildman–Crippen MR) is 82.7 cm³/mol. The van der Waals surface area contributed by atoms with Crippen molar-refractivity contribution >= 4 is 8.56 Å². The Kier molecular flexibility index (Phi) is 11.9. The van der Waals surface area contributed by atoms with Gasteiger partial charge >= 0.3 is 8.56 Å². The topological polar surface area (TPSA) is 50.7 Å². The van der Waals surface area contributed by atoms with E-state index in [4.69, 9.17) is 8.85 Å². The first-order valence-corrected chi connectivity index (χ1v) is 10.0. The van der Waals surface area contributed by atoms with Gasteiger partial charge in [-0.3, -0.25) is 0 Å². The van der Waals surface area contributed by atoms with Crippen LogP contribution >= 0.6 is 0 Å². The van der Waals surface area contributed by atoms with Crippen LogP contribution in [0.15, 0.2) is 0 Å². The van der Waals surface area contributed by atoms with Crippen molar-refractivity contribution in [2.45, 2.75) is 63.6 Å². The lowest BCUT2D eigenvalue weighted by Crippen LogP contribution is -2.35. The fraction of sp³-hybridized carbons (Fsp3) is 1.00. The SMILES string of the molecule is CNCC(O)CCCCCCCC[Si](C)(OC)OC. The molecular formula is C14H33NO3Si. The maximum atomic E-state index is 9.55. The van der Waals surface area contributed by atoms with Gasteiger partial charge in [-0.1, -0.05) is 38.5 Å². The molecule has 0 bridgehead atoms. The molecule has 0 aromatic heterocycles. The standard InChI is InChI=1S/C14H33NO3Si/c1-15-13-14(16)11-9-7-5-6-8-10-12-19(4,17-2)18-3/h14-16H,5-13H2,1-4H3. The lowest BCUT2D eigenvalue weighted by Gasteiger charge is -2.22. The Balaban J connectivity index is 3.32. The molecule has 19 heavy (non-hydrogen) atoms. The number of aliphatic hydroxyl groups is 1. The normalized spacial score (nSPS) is 13.7. The van der Waals surface area contributed by atoms with E-state index in [9.17, 15) is 5.11 Å². The van der Waals surface area contributed by atoms with Crippen LogP contribution in [-0.4, -0.2) is 47.6 Å². The minimum absolute atomic E-state index is 0.180. The van der Waals surface area contributed by atoms with Gasteiger partial charge < -0.3 is 19.3 Å². The third-order valence-electron chi connectivity index (χ3n) is 3.72. The van der Waals surface area contributed by atoms with E-state index >= 15 is 0 Å². The summed E-state index contributed by atoms with van der Waals surface area (Å²) in [6, 6.07) is 1.08. The Morgan fingerprint density at radius 3 is 2.05 bits per heavy atom. The summed E-state index contributed by atoms with van der Waals surface area (Å²) in [5.74, 6) is 0. The van der Waals surface area contributed by atoms with Gasteiger partial charge in [0.25, 0.3) is 0 Å². The highest BCUT2D eigenvalue weighted by Crippen LogP contribution is 2.17. The number of unbranched alkanes of at least 4 members (excludes halogenated alkanes) is 5. The highest BCUT2D eigenvalue weighted by atomic mass is 28.4. The number of hydrogen-bond acceptors (Lipinski definition) is 4. The summed E-state index contributed by atoms with van der Waals surface area (Å²) >= 11 is 0. The Morgan fingerprint density at radius 2 is 1.53 bits per heavy atom. The first-order valence-electron chi connectivity index (χ1n) is 7.51. The average Bonchev–Trinajstić information content (AvgIpc) is 2.41. The second-order valence-electron chi connectivity index (χ2n) is 5.41. The third-order valence-corrected chi connectivity index (χ3v) is 6.71. The highest BCUT2D eigenvalue weighted by Gasteiger charge is 2.27. The van der Waals surface area contributed by atoms with Crippen molar-refractivity contribution in [2.24, 2.45) is 0 Å². The maximum absolute atomic E-state index is 9.55. The molecule has 0 saturated carbocycles. The van der Waals surface area contributed by atoms with E-state index in [-0.39, 0.29) is 6.10 Å². The number of rotatable bonds is 13. The molecule has 0 saturated heterocycles. The lowest BCUT2D eigenvalue weighted by molar-refractivity contribution is 0.160. The molecule has 0 rings (SSSR count). The molecule has 0 spiro atoms. The van der Waals surface area contributed by atoms with Crippen molar-refractivity contribution in [3.05, 3.63) is 0 Å². The molecule has 1 atom stereocenters. The Bertz CT molecular complexity index is 201. The molecule has 0 heterocycles. The monoisotopic (exact) mass is 291 g/mol. The number of likely N-dealkylation sites (N-methyl/N-ethyl adjacent to an activating group) is 1. The van der Waals surface area contributed by atoms with E-state index in [0.29, 0.717) is 6.54 Å². The summed E-state index contributed by atoms with van der Waals surface area (Å²) in [6.45, 7) is 2.83. The lowest BCUT2D eigenvalue weighted by atomic mass is 10.1. The molecular weight excluding hydrogens is 258 g/mol. The summed E-state index contributed by atoms with van der Waals surface area (Å²) < 4.78 is 10.9. The quantitative estimate of drug-likeness (QED) is 0.405. The van der Waals surface area contributed by atoms with Gasteiger partial charge in [0, 0.05) is 20.8 Å².